The molecule has 0 aromatic heterocycles. The molecule has 2 amide bonds. The van der Waals surface area contributed by atoms with Gasteiger partial charge < -0.3 is 5.11 Å². The molecule has 1 fully saturated rings. The number of hydrogen-bond donors (Lipinski definition) is 1. The summed E-state index contributed by atoms with van der Waals surface area (Å²) < 4.78 is 0.787. The molecule has 1 aromatic carbocycles. The number of carbonyl (C=O) groups is 4. The highest BCUT2D eigenvalue weighted by Gasteiger charge is 2.32. The van der Waals surface area contributed by atoms with Gasteiger partial charge in [-0.05, 0) is 12.1 Å². The fourth-order valence-corrected chi connectivity index (χ4v) is 2.43. The molecule has 6 nitrogen and oxygen atoms in total. The Morgan fingerprint density at radius 1 is 1.26 bits per heavy atom. The molecule has 98 valence electrons. The van der Waals surface area contributed by atoms with E-state index in [1.54, 1.807) is 0 Å². The molecule has 0 spiro atoms. The van der Waals surface area contributed by atoms with Gasteiger partial charge in [-0.1, -0.05) is 6.07 Å². The first kappa shape index (κ1) is 13.3. The van der Waals surface area contributed by atoms with Crippen molar-refractivity contribution in [3.8, 4) is 5.75 Å². The highest BCUT2D eigenvalue weighted by atomic mass is 32.2. The van der Waals surface area contributed by atoms with Gasteiger partial charge >= 0.3 is 0 Å². The zero-order valence-corrected chi connectivity index (χ0v) is 10.5. The van der Waals surface area contributed by atoms with Crippen LogP contribution in [0.25, 0.3) is 0 Å². The van der Waals surface area contributed by atoms with Crippen molar-refractivity contribution < 1.29 is 24.3 Å². The molecule has 1 aliphatic rings. The average molecular weight is 279 g/mol. The number of aromatic hydroxyl groups is 1. The number of aldehydes is 1. The summed E-state index contributed by atoms with van der Waals surface area (Å²) in [4.78, 5) is 45.3. The van der Waals surface area contributed by atoms with Crippen LogP contribution in [0.4, 0.5) is 0 Å². The number of imide groups is 1. The Bertz CT molecular complexity index is 567. The number of phenols is 1. The third-order valence-corrected chi connectivity index (χ3v) is 3.57. The van der Waals surface area contributed by atoms with Gasteiger partial charge in [0.15, 0.2) is 6.29 Å². The Balaban J connectivity index is 2.23. The fraction of sp³-hybridized carbons (Fsp3) is 0.167. The third kappa shape index (κ3) is 2.50. The van der Waals surface area contributed by atoms with E-state index in [1.807, 2.05) is 0 Å². The molecule has 0 radical (unpaired) electrons. The monoisotopic (exact) mass is 279 g/mol. The number of benzene rings is 1. The Kier molecular flexibility index (Phi) is 3.66. The van der Waals surface area contributed by atoms with Gasteiger partial charge in [0.1, 0.15) is 5.75 Å². The number of para-hydroxylation sites is 1. The molecular formula is C12H9NO5S. The molecule has 0 aliphatic carbocycles. The molecule has 0 saturated carbocycles. The Morgan fingerprint density at radius 3 is 2.47 bits per heavy atom. The lowest BCUT2D eigenvalue weighted by atomic mass is 10.1. The zero-order chi connectivity index (χ0) is 14.0. The first-order valence-electron chi connectivity index (χ1n) is 5.40. The van der Waals surface area contributed by atoms with Crippen LogP contribution < -0.4 is 0 Å². The fourth-order valence-electron chi connectivity index (χ4n) is 1.61. The number of nitrogens with zero attached hydrogens (tertiary/aromatic N) is 1. The van der Waals surface area contributed by atoms with E-state index < -0.39 is 22.7 Å². The quantitative estimate of drug-likeness (QED) is 0.507. The van der Waals surface area contributed by atoms with E-state index in [4.69, 9.17) is 0 Å². The highest BCUT2D eigenvalue weighted by molar-refractivity contribution is 8.13. The van der Waals surface area contributed by atoms with Crippen molar-refractivity contribution >= 4 is 35.2 Å². The number of rotatable bonds is 3. The predicted octanol–water partition coefficient (Wildman–Crippen LogP) is 1.14. The second kappa shape index (κ2) is 5.23. The van der Waals surface area contributed by atoms with Gasteiger partial charge in [0, 0.05) is 24.8 Å². The molecule has 0 bridgehead atoms. The van der Waals surface area contributed by atoms with Gasteiger partial charge in [-0.2, -0.15) is 0 Å². The first-order chi connectivity index (χ1) is 9.04. The van der Waals surface area contributed by atoms with Crippen molar-refractivity contribution in [2.75, 3.05) is 0 Å². The zero-order valence-electron chi connectivity index (χ0n) is 9.66. The second-order valence-corrected chi connectivity index (χ2v) is 4.74. The molecule has 0 atom stereocenters. The topological polar surface area (TPSA) is 91.8 Å². The van der Waals surface area contributed by atoms with Crippen LogP contribution in [0.5, 0.6) is 5.75 Å². The van der Waals surface area contributed by atoms with Crippen molar-refractivity contribution in [3.05, 3.63) is 29.3 Å². The smallest absolute Gasteiger partial charge is 0.243 e. The second-order valence-electron chi connectivity index (χ2n) is 3.82. The largest absolute Gasteiger partial charge is 0.506 e. The summed E-state index contributed by atoms with van der Waals surface area (Å²) in [5.74, 6) is -1.32. The molecule has 1 aromatic rings. The van der Waals surface area contributed by atoms with E-state index in [-0.39, 0.29) is 24.0 Å². The highest BCUT2D eigenvalue weighted by Crippen LogP contribution is 2.29. The van der Waals surface area contributed by atoms with E-state index in [2.05, 4.69) is 0 Å². The first-order valence-corrected chi connectivity index (χ1v) is 6.17. The summed E-state index contributed by atoms with van der Waals surface area (Å²) in [6.07, 6.45) is 0.585. The standard InChI is InChI=1S/C12H9NO5S/c14-6-7-2-1-3-8(11(7)17)12(18)19-13-9(15)4-5-10(13)16/h1-3,6,17H,4-5H2. The summed E-state index contributed by atoms with van der Waals surface area (Å²) >= 11 is 0.429. The maximum atomic E-state index is 11.9. The van der Waals surface area contributed by atoms with E-state index in [0.717, 1.165) is 4.31 Å². The van der Waals surface area contributed by atoms with E-state index >= 15 is 0 Å². The number of phenolic OH excluding ortho intramolecular Hbond substituents is 1. The van der Waals surface area contributed by atoms with Crippen LogP contribution in [-0.2, 0) is 9.59 Å². The van der Waals surface area contributed by atoms with E-state index in [0.29, 0.717) is 18.2 Å². The van der Waals surface area contributed by atoms with Crippen LogP contribution in [0.3, 0.4) is 0 Å². The average Bonchev–Trinajstić information content (AvgIpc) is 2.70. The lowest BCUT2D eigenvalue weighted by molar-refractivity contribution is -0.131. The van der Waals surface area contributed by atoms with E-state index in [1.165, 1.54) is 18.2 Å². The molecule has 1 N–H and O–H groups in total. The van der Waals surface area contributed by atoms with Crippen molar-refractivity contribution in [1.82, 2.24) is 4.31 Å². The minimum absolute atomic E-state index is 0.0227. The third-order valence-electron chi connectivity index (χ3n) is 2.59. The molecule has 7 heteroatoms. The lowest BCUT2D eigenvalue weighted by Crippen LogP contribution is -2.23. The maximum absolute atomic E-state index is 11.9. The normalized spacial score (nSPS) is 14.8. The minimum atomic E-state index is -0.662. The number of hydrogen-bond acceptors (Lipinski definition) is 6. The molecule has 1 saturated heterocycles. The summed E-state index contributed by atoms with van der Waals surface area (Å²) in [5.41, 5.74) is -0.132. The van der Waals surface area contributed by atoms with Gasteiger partial charge in [-0.15, -0.1) is 0 Å². The van der Waals surface area contributed by atoms with Crippen molar-refractivity contribution in [2.45, 2.75) is 12.8 Å². The van der Waals surface area contributed by atoms with Crippen molar-refractivity contribution in [3.63, 3.8) is 0 Å². The molecule has 1 aliphatic heterocycles. The Morgan fingerprint density at radius 2 is 1.89 bits per heavy atom. The molecule has 2 rings (SSSR count). The van der Waals surface area contributed by atoms with Crippen LogP contribution in [-0.4, -0.2) is 32.6 Å². The van der Waals surface area contributed by atoms with Crippen LogP contribution in [0.2, 0.25) is 0 Å². The van der Waals surface area contributed by atoms with Crippen molar-refractivity contribution in [2.24, 2.45) is 0 Å². The minimum Gasteiger partial charge on any atom is -0.506 e. The molecule has 0 unspecified atom stereocenters. The molecule has 1 heterocycles. The summed E-state index contributed by atoms with van der Waals surface area (Å²) in [5, 5.41) is 9.05. The SMILES string of the molecule is O=Cc1cccc(C(=O)SN2C(=O)CCC2=O)c1O. The summed E-state index contributed by atoms with van der Waals surface area (Å²) in [7, 11) is 0. The predicted molar refractivity (Wildman–Crippen MR) is 66.5 cm³/mol. The Labute approximate surface area is 112 Å². The number of amides is 2. The summed E-state index contributed by atoms with van der Waals surface area (Å²) in [6.45, 7) is 0. The maximum Gasteiger partial charge on any atom is 0.243 e. The molecular weight excluding hydrogens is 270 g/mol. The lowest BCUT2D eigenvalue weighted by Gasteiger charge is -2.11. The molecule has 19 heavy (non-hydrogen) atoms. The number of carbonyl (C=O) groups excluding carboxylic acids is 4. The van der Waals surface area contributed by atoms with Gasteiger partial charge in [-0.25, -0.2) is 4.31 Å². The van der Waals surface area contributed by atoms with Crippen LogP contribution in [0.15, 0.2) is 18.2 Å². The van der Waals surface area contributed by atoms with Gasteiger partial charge in [-0.3, -0.25) is 19.2 Å². The van der Waals surface area contributed by atoms with Crippen LogP contribution in [0, 0.1) is 0 Å². The van der Waals surface area contributed by atoms with Gasteiger partial charge in [0.05, 0.1) is 11.1 Å². The van der Waals surface area contributed by atoms with Crippen LogP contribution in [0.1, 0.15) is 33.6 Å². The summed E-state index contributed by atoms with van der Waals surface area (Å²) in [6, 6.07) is 4.11. The Hall–Kier alpha value is -2.15. The van der Waals surface area contributed by atoms with E-state index in [9.17, 15) is 24.3 Å². The van der Waals surface area contributed by atoms with Crippen molar-refractivity contribution in [1.29, 1.82) is 0 Å². The van der Waals surface area contributed by atoms with Gasteiger partial charge in [0.2, 0.25) is 16.9 Å². The van der Waals surface area contributed by atoms with Crippen LogP contribution >= 0.6 is 11.9 Å². The van der Waals surface area contributed by atoms with Gasteiger partial charge in [0.25, 0.3) is 0 Å².